The molecule has 7 nitrogen and oxygen atoms in total. The molecule has 0 saturated carbocycles. The molecule has 2 N–H and O–H groups in total. The molecule has 0 bridgehead atoms. The predicted molar refractivity (Wildman–Crippen MR) is 104 cm³/mol. The van der Waals surface area contributed by atoms with Gasteiger partial charge in [-0.3, -0.25) is 10.2 Å². The van der Waals surface area contributed by atoms with E-state index in [4.69, 9.17) is 9.15 Å². The number of fused-ring (bicyclic) bond motifs is 1. The second-order valence-corrected chi connectivity index (χ2v) is 8.20. The molecule has 9 heteroatoms. The fourth-order valence-corrected chi connectivity index (χ4v) is 4.11. The van der Waals surface area contributed by atoms with Crippen molar-refractivity contribution in [3.63, 3.8) is 0 Å². The summed E-state index contributed by atoms with van der Waals surface area (Å²) >= 11 is 3.24. The van der Waals surface area contributed by atoms with Crippen LogP contribution >= 0.6 is 15.9 Å². The molecule has 0 atom stereocenters. The van der Waals surface area contributed by atoms with Crippen molar-refractivity contribution in [1.29, 1.82) is 0 Å². The maximum absolute atomic E-state index is 12.6. The molecule has 1 aromatic heterocycles. The van der Waals surface area contributed by atoms with Crippen LogP contribution in [-0.4, -0.2) is 20.9 Å². The monoisotopic (exact) mass is 452 g/mol. The third-order valence-electron chi connectivity index (χ3n) is 3.84. The van der Waals surface area contributed by atoms with Gasteiger partial charge in [-0.25, -0.2) is 8.42 Å². The quantitative estimate of drug-likeness (QED) is 0.557. The first-order chi connectivity index (χ1) is 12.8. The van der Waals surface area contributed by atoms with Crippen molar-refractivity contribution in [2.45, 2.75) is 18.7 Å². The molecular formula is C18H17BrN2O5S. The standard InChI is InChI=1S/C18H17BrN2O5S/c1-3-25-15-9-8-12(19)10-16(15)27(23,24)21-20-18(22)17-11(2)13-6-4-5-7-14(13)26-17/h4-10,21H,3H2,1-2H3,(H,20,22). The van der Waals surface area contributed by atoms with Crippen molar-refractivity contribution in [2.75, 3.05) is 6.61 Å². The summed E-state index contributed by atoms with van der Waals surface area (Å²) in [4.78, 5) is 14.4. The predicted octanol–water partition coefficient (Wildman–Crippen LogP) is 3.53. The van der Waals surface area contributed by atoms with Gasteiger partial charge in [0.05, 0.1) is 6.61 Å². The maximum atomic E-state index is 12.6. The van der Waals surface area contributed by atoms with E-state index in [9.17, 15) is 13.2 Å². The highest BCUT2D eigenvalue weighted by Gasteiger charge is 2.23. The number of carbonyl (C=O) groups is 1. The normalized spacial score (nSPS) is 11.5. The topological polar surface area (TPSA) is 97.6 Å². The number of furan rings is 1. The van der Waals surface area contributed by atoms with E-state index in [2.05, 4.69) is 26.2 Å². The fraction of sp³-hybridized carbons (Fsp3) is 0.167. The van der Waals surface area contributed by atoms with Crippen LogP contribution in [0.2, 0.25) is 0 Å². The van der Waals surface area contributed by atoms with Gasteiger partial charge in [0.15, 0.2) is 5.76 Å². The summed E-state index contributed by atoms with van der Waals surface area (Å²) in [7, 11) is -4.06. The lowest BCUT2D eigenvalue weighted by Crippen LogP contribution is -2.41. The minimum Gasteiger partial charge on any atom is -0.492 e. The molecule has 0 saturated heterocycles. The maximum Gasteiger partial charge on any atom is 0.302 e. The van der Waals surface area contributed by atoms with Crippen molar-refractivity contribution in [2.24, 2.45) is 0 Å². The second kappa shape index (κ2) is 7.71. The van der Waals surface area contributed by atoms with Crippen LogP contribution in [0, 0.1) is 6.92 Å². The molecule has 0 unspecified atom stereocenters. The third-order valence-corrected chi connectivity index (χ3v) is 5.61. The van der Waals surface area contributed by atoms with Crippen LogP contribution in [0.1, 0.15) is 23.0 Å². The van der Waals surface area contributed by atoms with E-state index in [1.807, 2.05) is 12.1 Å². The lowest BCUT2D eigenvalue weighted by Gasteiger charge is -2.12. The number of hydrogen-bond acceptors (Lipinski definition) is 5. The number of hydrogen-bond donors (Lipinski definition) is 2. The Kier molecular flexibility index (Phi) is 5.54. The second-order valence-electron chi connectivity index (χ2n) is 5.64. The number of para-hydroxylation sites is 1. The van der Waals surface area contributed by atoms with Crippen molar-refractivity contribution in [3.8, 4) is 5.75 Å². The zero-order valence-electron chi connectivity index (χ0n) is 14.6. The molecule has 0 fully saturated rings. The minimum atomic E-state index is -4.06. The lowest BCUT2D eigenvalue weighted by atomic mass is 10.1. The van der Waals surface area contributed by atoms with E-state index >= 15 is 0 Å². The zero-order chi connectivity index (χ0) is 19.6. The summed E-state index contributed by atoms with van der Waals surface area (Å²) < 4.78 is 36.7. The number of carbonyl (C=O) groups excluding carboxylic acids is 1. The Bertz CT molecular complexity index is 1110. The van der Waals surface area contributed by atoms with Crippen molar-refractivity contribution in [3.05, 3.63) is 58.3 Å². The number of rotatable bonds is 6. The van der Waals surface area contributed by atoms with Crippen LogP contribution in [0.15, 0.2) is 56.2 Å². The average molecular weight is 453 g/mol. The fourth-order valence-electron chi connectivity index (χ4n) is 2.58. The van der Waals surface area contributed by atoms with E-state index in [0.29, 0.717) is 22.2 Å². The Hall–Kier alpha value is -2.36. The van der Waals surface area contributed by atoms with E-state index in [1.54, 1.807) is 32.0 Å². The summed E-state index contributed by atoms with van der Waals surface area (Å²) in [5.74, 6) is -0.472. The number of aryl methyl sites for hydroxylation is 1. The molecule has 0 spiro atoms. The van der Waals surface area contributed by atoms with Crippen molar-refractivity contribution in [1.82, 2.24) is 10.3 Å². The summed E-state index contributed by atoms with van der Waals surface area (Å²) in [5, 5.41) is 0.788. The number of hydrazine groups is 1. The van der Waals surface area contributed by atoms with Crippen LogP contribution in [0.25, 0.3) is 11.0 Å². The minimum absolute atomic E-state index is 0.0400. The van der Waals surface area contributed by atoms with Crippen LogP contribution < -0.4 is 15.0 Å². The molecule has 1 heterocycles. The Morgan fingerprint density at radius 3 is 2.67 bits per heavy atom. The Labute approximate surface area is 164 Å². The Morgan fingerprint density at radius 2 is 1.96 bits per heavy atom. The molecule has 1 amide bonds. The Morgan fingerprint density at radius 1 is 1.22 bits per heavy atom. The third kappa shape index (κ3) is 4.00. The summed E-state index contributed by atoms with van der Waals surface area (Å²) in [5.41, 5.74) is 3.36. The highest BCUT2D eigenvalue weighted by Crippen LogP contribution is 2.28. The van der Waals surface area contributed by atoms with E-state index in [-0.39, 0.29) is 16.4 Å². The zero-order valence-corrected chi connectivity index (χ0v) is 17.0. The molecule has 27 heavy (non-hydrogen) atoms. The van der Waals surface area contributed by atoms with Gasteiger partial charge < -0.3 is 9.15 Å². The van der Waals surface area contributed by atoms with Gasteiger partial charge in [0.1, 0.15) is 16.2 Å². The highest BCUT2D eigenvalue weighted by atomic mass is 79.9. The SMILES string of the molecule is CCOc1ccc(Br)cc1S(=O)(=O)NNC(=O)c1oc2ccccc2c1C. The molecule has 0 aliphatic heterocycles. The number of ether oxygens (including phenoxy) is 1. The average Bonchev–Trinajstić information content (AvgIpc) is 2.98. The van der Waals surface area contributed by atoms with Gasteiger partial charge in [0.25, 0.3) is 10.0 Å². The van der Waals surface area contributed by atoms with Gasteiger partial charge in [-0.15, -0.1) is 4.83 Å². The summed E-state index contributed by atoms with van der Waals surface area (Å²) in [6.07, 6.45) is 0. The number of sulfonamides is 1. The molecule has 0 aliphatic carbocycles. The summed E-state index contributed by atoms with van der Waals surface area (Å²) in [6, 6.07) is 11.8. The number of benzene rings is 2. The molecule has 142 valence electrons. The molecule has 3 aromatic rings. The van der Waals surface area contributed by atoms with Gasteiger partial charge in [-0.2, -0.15) is 0 Å². The first kappa shape index (κ1) is 19.4. The molecule has 3 rings (SSSR count). The number of nitrogens with one attached hydrogen (secondary N) is 2. The lowest BCUT2D eigenvalue weighted by molar-refractivity contribution is 0.0918. The van der Waals surface area contributed by atoms with E-state index in [1.165, 1.54) is 12.1 Å². The Balaban J connectivity index is 1.84. The number of halogens is 1. The van der Waals surface area contributed by atoms with Gasteiger partial charge in [0.2, 0.25) is 0 Å². The van der Waals surface area contributed by atoms with E-state index < -0.39 is 15.9 Å². The van der Waals surface area contributed by atoms with Crippen LogP contribution in [-0.2, 0) is 10.0 Å². The molecular weight excluding hydrogens is 436 g/mol. The van der Waals surface area contributed by atoms with Crippen molar-refractivity contribution < 1.29 is 22.4 Å². The van der Waals surface area contributed by atoms with Crippen LogP contribution in [0.5, 0.6) is 5.75 Å². The molecule has 0 aliphatic rings. The highest BCUT2D eigenvalue weighted by molar-refractivity contribution is 9.10. The van der Waals surface area contributed by atoms with Crippen LogP contribution in [0.3, 0.4) is 0 Å². The summed E-state index contributed by atoms with van der Waals surface area (Å²) in [6.45, 7) is 3.78. The van der Waals surface area contributed by atoms with Gasteiger partial charge in [-0.1, -0.05) is 34.1 Å². The van der Waals surface area contributed by atoms with E-state index in [0.717, 1.165) is 5.39 Å². The van der Waals surface area contributed by atoms with Crippen molar-refractivity contribution >= 4 is 42.8 Å². The van der Waals surface area contributed by atoms with Gasteiger partial charge in [-0.05, 0) is 38.1 Å². The van der Waals surface area contributed by atoms with Crippen LogP contribution in [0.4, 0.5) is 0 Å². The molecule has 2 aromatic carbocycles. The number of amides is 1. The first-order valence-electron chi connectivity index (χ1n) is 8.06. The van der Waals surface area contributed by atoms with Gasteiger partial charge in [0, 0.05) is 15.4 Å². The first-order valence-corrected chi connectivity index (χ1v) is 10.3. The van der Waals surface area contributed by atoms with Gasteiger partial charge >= 0.3 is 5.91 Å². The molecule has 0 radical (unpaired) electrons. The largest absolute Gasteiger partial charge is 0.492 e. The smallest absolute Gasteiger partial charge is 0.302 e.